The van der Waals surface area contributed by atoms with Crippen LogP contribution in [0, 0.1) is 0 Å². The molecule has 2 heterocycles. The molecule has 1 aromatic rings. The Morgan fingerprint density at radius 2 is 1.87 bits per heavy atom. The van der Waals surface area contributed by atoms with E-state index in [4.69, 9.17) is 9.47 Å². The molecule has 2 aliphatic heterocycles. The maximum Gasteiger partial charge on any atom is 0.407 e. The summed E-state index contributed by atoms with van der Waals surface area (Å²) in [6.07, 6.45) is 0.780. The van der Waals surface area contributed by atoms with Gasteiger partial charge >= 0.3 is 12.3 Å². The summed E-state index contributed by atoms with van der Waals surface area (Å²) in [6, 6.07) is 9.92. The Morgan fingerprint density at radius 1 is 1.13 bits per heavy atom. The number of cyclic esters (lactones) is 1. The molecule has 2 saturated heterocycles. The third-order valence-electron chi connectivity index (χ3n) is 7.10. The third kappa shape index (κ3) is 5.52. The van der Waals surface area contributed by atoms with Crippen molar-refractivity contribution in [3.8, 4) is 0 Å². The van der Waals surface area contributed by atoms with Gasteiger partial charge in [0.2, 0.25) is 0 Å². The van der Waals surface area contributed by atoms with E-state index in [1.165, 1.54) is 10.5 Å². The van der Waals surface area contributed by atoms with E-state index in [0.29, 0.717) is 31.7 Å². The second-order valence-electron chi connectivity index (χ2n) is 9.09. The number of rotatable bonds is 5. The predicted molar refractivity (Wildman–Crippen MR) is 110 cm³/mol. The Labute approximate surface area is 181 Å². The van der Waals surface area contributed by atoms with Crippen LogP contribution in [0.4, 0.5) is 18.0 Å². The van der Waals surface area contributed by atoms with Crippen molar-refractivity contribution in [2.24, 2.45) is 0 Å². The normalized spacial score (nSPS) is 32.5. The Morgan fingerprint density at radius 3 is 2.55 bits per heavy atom. The largest absolute Gasteiger partial charge is 0.449 e. The van der Waals surface area contributed by atoms with E-state index in [2.05, 4.69) is 29.6 Å². The highest BCUT2D eigenvalue weighted by Gasteiger charge is 2.50. The molecule has 0 unspecified atom stereocenters. The van der Waals surface area contributed by atoms with E-state index in [-0.39, 0.29) is 19.3 Å². The Balaban J connectivity index is 1.40. The molecule has 1 aromatic carbocycles. The van der Waals surface area contributed by atoms with Crippen LogP contribution in [0.3, 0.4) is 0 Å². The number of nitrogens with one attached hydrogen (secondary N) is 1. The zero-order valence-corrected chi connectivity index (χ0v) is 17.7. The fourth-order valence-corrected chi connectivity index (χ4v) is 5.53. The fraction of sp³-hybridized carbons (Fsp3) is 0.696. The molecule has 31 heavy (non-hydrogen) atoms. The number of benzene rings is 1. The molecule has 1 spiro atoms. The minimum atomic E-state index is -4.29. The second-order valence-corrected chi connectivity index (χ2v) is 9.09. The lowest BCUT2D eigenvalue weighted by Gasteiger charge is -2.51. The lowest BCUT2D eigenvalue weighted by atomic mass is 9.78. The van der Waals surface area contributed by atoms with Gasteiger partial charge in [0, 0.05) is 6.42 Å². The van der Waals surface area contributed by atoms with Crippen molar-refractivity contribution < 1.29 is 27.4 Å². The topological polar surface area (TPSA) is 50.8 Å². The lowest BCUT2D eigenvalue weighted by molar-refractivity contribution is -0.167. The van der Waals surface area contributed by atoms with E-state index in [9.17, 15) is 18.0 Å². The summed E-state index contributed by atoms with van der Waals surface area (Å²) in [6.45, 7) is -0.214. The summed E-state index contributed by atoms with van der Waals surface area (Å²) >= 11 is 0. The van der Waals surface area contributed by atoms with Gasteiger partial charge < -0.3 is 14.8 Å². The number of alkyl carbamates (subject to hydrolysis) is 1. The molecule has 8 heteroatoms. The van der Waals surface area contributed by atoms with Crippen molar-refractivity contribution >= 4 is 6.09 Å². The number of hydrogen-bond acceptors (Lipinski definition) is 4. The number of halogens is 3. The van der Waals surface area contributed by atoms with Gasteiger partial charge in [0.25, 0.3) is 0 Å². The van der Waals surface area contributed by atoms with Crippen molar-refractivity contribution in [1.82, 2.24) is 10.2 Å². The average Bonchev–Trinajstić information content (AvgIpc) is 2.73. The number of hydrogen-bond donors (Lipinski definition) is 1. The van der Waals surface area contributed by atoms with E-state index in [0.717, 1.165) is 25.7 Å². The minimum Gasteiger partial charge on any atom is -0.449 e. The summed E-state index contributed by atoms with van der Waals surface area (Å²) in [7, 11) is 0. The van der Waals surface area contributed by atoms with E-state index in [1.807, 2.05) is 6.07 Å². The zero-order chi connectivity index (χ0) is 21.9. The molecule has 2 atom stereocenters. The standard InChI is InChI=1S/C23H31F3N2O3/c24-23(25,26)16-28-13-4-11-22(12-14-30-21(29)27-22)20(28)15-31-19-9-7-18(8-10-19)17-5-2-1-3-6-17/h1-3,5-6,18-20H,4,7-16H2,(H,27,29)/t18?,19?,20-,22+/m0/s1. The SMILES string of the molecule is O=C1N[C@]2(CCCN(CC(F)(F)F)[C@H]2COC2CCC(c3ccccc3)CC2)CCO1. The molecule has 0 bridgehead atoms. The summed E-state index contributed by atoms with van der Waals surface area (Å²) in [5.41, 5.74) is 0.619. The molecule has 172 valence electrons. The van der Waals surface area contributed by atoms with Crippen LogP contribution in [0.15, 0.2) is 30.3 Å². The highest BCUT2D eigenvalue weighted by molar-refractivity contribution is 5.69. The number of amides is 1. The maximum absolute atomic E-state index is 13.3. The first kappa shape index (κ1) is 22.4. The maximum atomic E-state index is 13.3. The Bertz CT molecular complexity index is 733. The van der Waals surface area contributed by atoms with Crippen molar-refractivity contribution in [2.75, 3.05) is 26.3 Å². The van der Waals surface area contributed by atoms with Gasteiger partial charge in [0.1, 0.15) is 0 Å². The van der Waals surface area contributed by atoms with Crippen molar-refractivity contribution in [1.29, 1.82) is 0 Å². The number of ether oxygens (including phenoxy) is 2. The highest BCUT2D eigenvalue weighted by Crippen LogP contribution is 2.37. The quantitative estimate of drug-likeness (QED) is 0.726. The van der Waals surface area contributed by atoms with Gasteiger partial charge in [-0.1, -0.05) is 30.3 Å². The van der Waals surface area contributed by atoms with E-state index in [1.54, 1.807) is 0 Å². The van der Waals surface area contributed by atoms with Crippen LogP contribution in [-0.4, -0.2) is 61.2 Å². The zero-order valence-electron chi connectivity index (χ0n) is 17.7. The molecule has 5 nitrogen and oxygen atoms in total. The first-order chi connectivity index (χ1) is 14.8. The number of likely N-dealkylation sites (tertiary alicyclic amines) is 1. The summed E-state index contributed by atoms with van der Waals surface area (Å²) in [4.78, 5) is 13.4. The van der Waals surface area contributed by atoms with Crippen LogP contribution in [-0.2, 0) is 9.47 Å². The molecule has 0 radical (unpaired) electrons. The molecule has 0 aromatic heterocycles. The van der Waals surface area contributed by atoms with Crippen molar-refractivity contribution in [3.63, 3.8) is 0 Å². The van der Waals surface area contributed by atoms with Crippen LogP contribution in [0.5, 0.6) is 0 Å². The third-order valence-corrected chi connectivity index (χ3v) is 7.10. The number of piperidine rings is 1. The first-order valence-corrected chi connectivity index (χ1v) is 11.3. The number of carbonyl (C=O) groups is 1. The van der Waals surface area contributed by atoms with E-state index >= 15 is 0 Å². The molecular formula is C23H31F3N2O3. The number of nitrogens with zero attached hydrogens (tertiary/aromatic N) is 1. The average molecular weight is 441 g/mol. The fourth-order valence-electron chi connectivity index (χ4n) is 5.53. The van der Waals surface area contributed by atoms with Crippen LogP contribution in [0.25, 0.3) is 0 Å². The van der Waals surface area contributed by atoms with Gasteiger partial charge in [-0.05, 0) is 56.6 Å². The minimum absolute atomic E-state index is 0.0437. The van der Waals surface area contributed by atoms with Crippen molar-refractivity contribution in [2.45, 2.75) is 74.7 Å². The molecule has 3 aliphatic rings. The Hall–Kier alpha value is -1.80. The van der Waals surface area contributed by atoms with E-state index < -0.39 is 30.4 Å². The summed E-state index contributed by atoms with van der Waals surface area (Å²) < 4.78 is 51.0. The van der Waals surface area contributed by atoms with Gasteiger partial charge in [0.15, 0.2) is 0 Å². The van der Waals surface area contributed by atoms with Crippen molar-refractivity contribution in [3.05, 3.63) is 35.9 Å². The summed E-state index contributed by atoms with van der Waals surface area (Å²) in [5.74, 6) is 0.513. The molecule has 4 rings (SSSR count). The molecule has 1 aliphatic carbocycles. The molecule has 1 N–H and O–H groups in total. The highest BCUT2D eigenvalue weighted by atomic mass is 19.4. The number of alkyl halides is 3. The molecule has 1 amide bonds. The molecular weight excluding hydrogens is 409 g/mol. The summed E-state index contributed by atoms with van der Waals surface area (Å²) in [5, 5.41) is 2.86. The molecule has 1 saturated carbocycles. The van der Waals surface area contributed by atoms with Gasteiger partial charge in [0.05, 0.1) is 37.4 Å². The van der Waals surface area contributed by atoms with Crippen LogP contribution >= 0.6 is 0 Å². The number of carbonyl (C=O) groups excluding carboxylic acids is 1. The first-order valence-electron chi connectivity index (χ1n) is 11.3. The van der Waals surface area contributed by atoms with Gasteiger partial charge in [-0.2, -0.15) is 13.2 Å². The van der Waals surface area contributed by atoms with Gasteiger partial charge in [-0.25, -0.2) is 4.79 Å². The van der Waals surface area contributed by atoms with Gasteiger partial charge in [-0.3, -0.25) is 4.90 Å². The lowest BCUT2D eigenvalue weighted by Crippen LogP contribution is -2.69. The smallest absolute Gasteiger partial charge is 0.407 e. The van der Waals surface area contributed by atoms with Crippen LogP contribution in [0.1, 0.15) is 56.4 Å². The van der Waals surface area contributed by atoms with Crippen LogP contribution < -0.4 is 5.32 Å². The van der Waals surface area contributed by atoms with Crippen LogP contribution in [0.2, 0.25) is 0 Å². The predicted octanol–water partition coefficient (Wildman–Crippen LogP) is 4.62. The monoisotopic (exact) mass is 440 g/mol. The van der Waals surface area contributed by atoms with Gasteiger partial charge in [-0.15, -0.1) is 0 Å². The Kier molecular flexibility index (Phi) is 6.77. The second kappa shape index (κ2) is 9.36. The molecule has 3 fully saturated rings.